The summed E-state index contributed by atoms with van der Waals surface area (Å²) in [6.45, 7) is -0.419. The van der Waals surface area contributed by atoms with Crippen molar-refractivity contribution in [2.24, 2.45) is 5.73 Å². The van der Waals surface area contributed by atoms with E-state index in [1.807, 2.05) is 0 Å². The molecule has 1 atom stereocenters. The van der Waals surface area contributed by atoms with E-state index in [0.717, 1.165) is 0 Å². The Labute approximate surface area is 158 Å². The van der Waals surface area contributed by atoms with Crippen LogP contribution in [0.5, 0.6) is 11.6 Å². The SMILES string of the molecule is NC(=O)O[C@H](CO)Cc1nc(-c2cccc(Oc3ccc(Cl)cn3)c2)no1. The number of primary amides is 1. The number of aliphatic hydroxyl groups excluding tert-OH is 1. The van der Waals surface area contributed by atoms with Gasteiger partial charge >= 0.3 is 6.09 Å². The van der Waals surface area contributed by atoms with Crippen molar-refractivity contribution in [1.82, 2.24) is 15.1 Å². The number of rotatable bonds is 7. The van der Waals surface area contributed by atoms with Crippen LogP contribution in [0.3, 0.4) is 0 Å². The molecule has 3 N–H and O–H groups in total. The van der Waals surface area contributed by atoms with Crippen LogP contribution >= 0.6 is 11.6 Å². The molecule has 2 heterocycles. The van der Waals surface area contributed by atoms with E-state index in [1.54, 1.807) is 36.4 Å². The topological polar surface area (TPSA) is 134 Å². The molecule has 1 aromatic carbocycles. The zero-order chi connectivity index (χ0) is 19.2. The molecule has 2 aromatic heterocycles. The number of pyridine rings is 1. The van der Waals surface area contributed by atoms with Gasteiger partial charge in [0, 0.05) is 17.8 Å². The van der Waals surface area contributed by atoms with Crippen molar-refractivity contribution in [2.75, 3.05) is 6.61 Å². The number of aromatic nitrogens is 3. The summed E-state index contributed by atoms with van der Waals surface area (Å²) < 4.78 is 15.5. The lowest BCUT2D eigenvalue weighted by Gasteiger charge is -2.10. The monoisotopic (exact) mass is 390 g/mol. The molecule has 3 aromatic rings. The highest BCUT2D eigenvalue weighted by Gasteiger charge is 2.18. The number of ether oxygens (including phenoxy) is 2. The summed E-state index contributed by atoms with van der Waals surface area (Å²) in [6, 6.07) is 10.3. The lowest BCUT2D eigenvalue weighted by molar-refractivity contribution is 0.0592. The van der Waals surface area contributed by atoms with Crippen LogP contribution in [-0.4, -0.2) is 39.0 Å². The van der Waals surface area contributed by atoms with Crippen molar-refractivity contribution < 1.29 is 23.9 Å². The maximum atomic E-state index is 10.8. The number of aliphatic hydroxyl groups is 1. The first-order valence-electron chi connectivity index (χ1n) is 7.83. The average Bonchev–Trinajstić information content (AvgIpc) is 3.11. The number of halogens is 1. The van der Waals surface area contributed by atoms with Crippen LogP contribution in [0.2, 0.25) is 5.02 Å². The molecule has 0 aliphatic heterocycles. The van der Waals surface area contributed by atoms with Gasteiger partial charge in [0.15, 0.2) is 0 Å². The van der Waals surface area contributed by atoms with Crippen molar-refractivity contribution >= 4 is 17.7 Å². The molecule has 0 bridgehead atoms. The predicted molar refractivity (Wildman–Crippen MR) is 94.3 cm³/mol. The fraction of sp³-hybridized carbons (Fsp3) is 0.176. The van der Waals surface area contributed by atoms with Crippen molar-refractivity contribution in [1.29, 1.82) is 0 Å². The second-order valence-electron chi connectivity index (χ2n) is 5.40. The minimum atomic E-state index is -0.991. The van der Waals surface area contributed by atoms with E-state index in [-0.39, 0.29) is 12.3 Å². The molecule has 10 heteroatoms. The number of nitrogens with two attached hydrogens (primary N) is 1. The first-order chi connectivity index (χ1) is 13.0. The van der Waals surface area contributed by atoms with Crippen molar-refractivity contribution in [2.45, 2.75) is 12.5 Å². The van der Waals surface area contributed by atoms with Crippen LogP contribution in [0.1, 0.15) is 5.89 Å². The van der Waals surface area contributed by atoms with Gasteiger partial charge in [0.2, 0.25) is 17.6 Å². The zero-order valence-electron chi connectivity index (χ0n) is 13.9. The van der Waals surface area contributed by atoms with E-state index in [0.29, 0.717) is 28.0 Å². The first-order valence-corrected chi connectivity index (χ1v) is 8.20. The number of nitrogens with zero attached hydrogens (tertiary/aromatic N) is 3. The van der Waals surface area contributed by atoms with Crippen LogP contribution < -0.4 is 10.5 Å². The molecular formula is C17H15ClN4O5. The number of carbonyl (C=O) groups is 1. The summed E-state index contributed by atoms with van der Waals surface area (Å²) in [5.41, 5.74) is 5.59. The molecule has 0 spiro atoms. The largest absolute Gasteiger partial charge is 0.443 e. The standard InChI is InChI=1S/C17H15ClN4O5/c18-11-4-5-14(20-8-11)25-12-3-1-2-10(6-12)16-21-15(27-22-16)7-13(9-23)26-17(19)24/h1-6,8,13,23H,7,9H2,(H2,19,24)/t13-/m0/s1. The average molecular weight is 391 g/mol. The second-order valence-corrected chi connectivity index (χ2v) is 5.84. The Morgan fingerprint density at radius 2 is 2.19 bits per heavy atom. The highest BCUT2D eigenvalue weighted by molar-refractivity contribution is 6.30. The normalized spacial score (nSPS) is 11.8. The van der Waals surface area contributed by atoms with Crippen molar-refractivity contribution in [3.05, 3.63) is 53.5 Å². The van der Waals surface area contributed by atoms with Gasteiger partial charge in [0.25, 0.3) is 0 Å². The van der Waals surface area contributed by atoms with Gasteiger partial charge in [0.1, 0.15) is 11.9 Å². The van der Waals surface area contributed by atoms with E-state index in [1.165, 1.54) is 6.20 Å². The highest BCUT2D eigenvalue weighted by Crippen LogP contribution is 2.25. The molecule has 1 amide bonds. The molecule has 0 saturated carbocycles. The molecule has 9 nitrogen and oxygen atoms in total. The summed E-state index contributed by atoms with van der Waals surface area (Å²) in [5.74, 6) is 1.42. The molecular weight excluding hydrogens is 376 g/mol. The fourth-order valence-corrected chi connectivity index (χ4v) is 2.31. The Hall–Kier alpha value is -3.17. The number of hydrogen-bond acceptors (Lipinski definition) is 8. The lowest BCUT2D eigenvalue weighted by atomic mass is 10.2. The van der Waals surface area contributed by atoms with Crippen LogP contribution in [0.25, 0.3) is 11.4 Å². The molecule has 27 heavy (non-hydrogen) atoms. The molecule has 0 radical (unpaired) electrons. The second kappa shape index (κ2) is 8.47. The summed E-state index contributed by atoms with van der Waals surface area (Å²) in [6.07, 6.45) is -0.328. The number of carbonyl (C=O) groups excluding carboxylic acids is 1. The third-order valence-corrected chi connectivity index (χ3v) is 3.60. The number of benzene rings is 1. The predicted octanol–water partition coefficient (Wildman–Crippen LogP) is 2.58. The highest BCUT2D eigenvalue weighted by atomic mass is 35.5. The van der Waals surface area contributed by atoms with Gasteiger partial charge < -0.3 is 24.8 Å². The van der Waals surface area contributed by atoms with E-state index >= 15 is 0 Å². The Morgan fingerprint density at radius 1 is 1.33 bits per heavy atom. The van der Waals surface area contributed by atoms with E-state index in [2.05, 4.69) is 15.1 Å². The summed E-state index contributed by atoms with van der Waals surface area (Å²) in [4.78, 5) is 19.1. The van der Waals surface area contributed by atoms with Gasteiger partial charge in [-0.2, -0.15) is 4.98 Å². The van der Waals surface area contributed by atoms with E-state index in [4.69, 9.17) is 31.3 Å². The van der Waals surface area contributed by atoms with Crippen molar-refractivity contribution in [3.8, 4) is 23.0 Å². The van der Waals surface area contributed by atoms with Gasteiger partial charge in [0.05, 0.1) is 18.1 Å². The van der Waals surface area contributed by atoms with E-state index < -0.39 is 18.8 Å². The molecule has 0 aliphatic carbocycles. The Morgan fingerprint density at radius 3 is 2.89 bits per heavy atom. The van der Waals surface area contributed by atoms with Gasteiger partial charge in [-0.25, -0.2) is 9.78 Å². The van der Waals surface area contributed by atoms with E-state index in [9.17, 15) is 9.90 Å². The van der Waals surface area contributed by atoms with Gasteiger partial charge in [-0.3, -0.25) is 0 Å². The molecule has 3 rings (SSSR count). The van der Waals surface area contributed by atoms with Gasteiger partial charge in [-0.05, 0) is 18.2 Å². The molecule has 0 saturated heterocycles. The summed E-state index contributed by atoms with van der Waals surface area (Å²) in [7, 11) is 0. The fourth-order valence-electron chi connectivity index (χ4n) is 2.20. The van der Waals surface area contributed by atoms with Crippen molar-refractivity contribution in [3.63, 3.8) is 0 Å². The molecule has 140 valence electrons. The van der Waals surface area contributed by atoms with Gasteiger partial charge in [-0.1, -0.05) is 28.9 Å². The van der Waals surface area contributed by atoms with Crippen LogP contribution in [-0.2, 0) is 11.2 Å². The lowest BCUT2D eigenvalue weighted by Crippen LogP contribution is -2.27. The minimum absolute atomic E-state index is 0.0390. The van der Waals surface area contributed by atoms with Crippen LogP contribution in [0, 0.1) is 0 Å². The van der Waals surface area contributed by atoms with Crippen LogP contribution in [0.15, 0.2) is 47.1 Å². The third kappa shape index (κ3) is 5.16. The molecule has 0 unspecified atom stereocenters. The number of amides is 1. The Balaban J connectivity index is 1.72. The maximum absolute atomic E-state index is 10.8. The quantitative estimate of drug-likeness (QED) is 0.628. The molecule has 0 fully saturated rings. The Kier molecular flexibility index (Phi) is 5.84. The smallest absolute Gasteiger partial charge is 0.404 e. The minimum Gasteiger partial charge on any atom is -0.443 e. The Bertz CT molecular complexity index is 916. The first kappa shape index (κ1) is 18.6. The summed E-state index contributed by atoms with van der Waals surface area (Å²) >= 11 is 5.80. The van der Waals surface area contributed by atoms with Gasteiger partial charge in [-0.15, -0.1) is 0 Å². The third-order valence-electron chi connectivity index (χ3n) is 3.37. The number of hydrogen-bond donors (Lipinski definition) is 2. The van der Waals surface area contributed by atoms with Crippen LogP contribution in [0.4, 0.5) is 4.79 Å². The maximum Gasteiger partial charge on any atom is 0.404 e. The molecule has 0 aliphatic rings. The zero-order valence-corrected chi connectivity index (χ0v) is 14.7. The summed E-state index contributed by atoms with van der Waals surface area (Å²) in [5, 5.41) is 13.6.